The van der Waals surface area contributed by atoms with Crippen molar-refractivity contribution in [3.63, 3.8) is 0 Å². The van der Waals surface area contributed by atoms with Gasteiger partial charge in [0.05, 0.1) is 6.33 Å². The third-order valence-corrected chi connectivity index (χ3v) is 3.41. The van der Waals surface area contributed by atoms with Gasteiger partial charge < -0.3 is 10.7 Å². The summed E-state index contributed by atoms with van der Waals surface area (Å²) in [5.74, 6) is 1.48. The van der Waals surface area contributed by atoms with Gasteiger partial charge in [-0.25, -0.2) is 8.96 Å². The van der Waals surface area contributed by atoms with Crippen molar-refractivity contribution in [1.82, 2.24) is 18.9 Å². The van der Waals surface area contributed by atoms with Crippen LogP contribution in [-0.4, -0.2) is 24.7 Å². The van der Waals surface area contributed by atoms with Crippen LogP contribution >= 0.6 is 11.9 Å². The second kappa shape index (κ2) is 4.17. The predicted octanol–water partition coefficient (Wildman–Crippen LogP) is 0.854. The maximum atomic E-state index is 12.0. The van der Waals surface area contributed by atoms with Crippen LogP contribution in [0.5, 0.6) is 0 Å². The van der Waals surface area contributed by atoms with E-state index in [2.05, 4.69) is 28.8 Å². The van der Waals surface area contributed by atoms with Gasteiger partial charge in [-0.05, 0) is 17.9 Å². The highest BCUT2D eigenvalue weighted by molar-refractivity contribution is 7.97. The van der Waals surface area contributed by atoms with E-state index < -0.39 is 0 Å². The Balaban J connectivity index is 2.47. The van der Waals surface area contributed by atoms with Crippen LogP contribution in [0, 0.1) is 5.92 Å². The van der Waals surface area contributed by atoms with Crippen molar-refractivity contribution in [2.24, 2.45) is 5.92 Å². The van der Waals surface area contributed by atoms with E-state index >= 15 is 0 Å². The molecule has 0 spiro atoms. The average Bonchev–Trinajstić information content (AvgIpc) is 2.64. The summed E-state index contributed by atoms with van der Waals surface area (Å²) in [5.41, 5.74) is 6.28. The molecular weight excluding hydrogens is 226 g/mol. The van der Waals surface area contributed by atoms with Gasteiger partial charge in [0.25, 0.3) is 5.56 Å². The van der Waals surface area contributed by atoms with Gasteiger partial charge in [0.1, 0.15) is 0 Å². The molecule has 0 aromatic carbocycles. The number of nitrogen functional groups attached to an aromatic ring is 1. The summed E-state index contributed by atoms with van der Waals surface area (Å²) < 4.78 is 1.40. The van der Waals surface area contributed by atoms with Gasteiger partial charge in [-0.3, -0.25) is 4.79 Å². The molecule has 7 heteroatoms. The van der Waals surface area contributed by atoms with Crippen LogP contribution in [0.1, 0.15) is 13.8 Å². The first-order valence-corrected chi connectivity index (χ1v) is 5.88. The van der Waals surface area contributed by atoms with Crippen molar-refractivity contribution in [3.8, 4) is 0 Å². The Hall–Kier alpha value is -1.50. The summed E-state index contributed by atoms with van der Waals surface area (Å²) in [6, 6.07) is 0. The van der Waals surface area contributed by atoms with Crippen molar-refractivity contribution >= 4 is 29.1 Å². The number of hydrogen-bond acceptors (Lipinski definition) is 5. The van der Waals surface area contributed by atoms with Crippen molar-refractivity contribution in [1.29, 1.82) is 0 Å². The van der Waals surface area contributed by atoms with Gasteiger partial charge in [0.2, 0.25) is 5.95 Å². The maximum absolute atomic E-state index is 12.0. The molecule has 0 aliphatic rings. The van der Waals surface area contributed by atoms with Crippen LogP contribution in [0.15, 0.2) is 11.1 Å². The normalized spacial score (nSPS) is 11.4. The van der Waals surface area contributed by atoms with Crippen molar-refractivity contribution in [2.75, 3.05) is 11.5 Å². The fourth-order valence-corrected chi connectivity index (χ4v) is 2.07. The fourth-order valence-electron chi connectivity index (χ4n) is 1.24. The Morgan fingerprint density at radius 3 is 3.06 bits per heavy atom. The molecule has 6 nitrogen and oxygen atoms in total. The molecule has 2 heterocycles. The topological polar surface area (TPSA) is 89.6 Å². The first kappa shape index (κ1) is 11.0. The lowest BCUT2D eigenvalue weighted by Gasteiger charge is -2.08. The molecule has 0 saturated carbocycles. The van der Waals surface area contributed by atoms with Gasteiger partial charge in [-0.1, -0.05) is 13.8 Å². The van der Waals surface area contributed by atoms with Crippen LogP contribution in [-0.2, 0) is 0 Å². The molecule has 0 amide bonds. The van der Waals surface area contributed by atoms with Crippen LogP contribution in [0.3, 0.4) is 0 Å². The van der Waals surface area contributed by atoms with Crippen molar-refractivity contribution in [2.45, 2.75) is 13.8 Å². The summed E-state index contributed by atoms with van der Waals surface area (Å²) in [7, 11) is 0. The van der Waals surface area contributed by atoms with Crippen LogP contribution in [0.2, 0.25) is 0 Å². The van der Waals surface area contributed by atoms with Crippen molar-refractivity contribution in [3.05, 3.63) is 16.7 Å². The minimum atomic E-state index is -0.189. The summed E-state index contributed by atoms with van der Waals surface area (Å²) in [6.45, 7) is 4.16. The van der Waals surface area contributed by atoms with E-state index in [0.29, 0.717) is 17.1 Å². The Labute approximate surface area is 96.4 Å². The second-order valence-corrected chi connectivity index (χ2v) is 4.82. The van der Waals surface area contributed by atoms with Crippen LogP contribution in [0.25, 0.3) is 11.2 Å². The number of fused-ring (bicyclic) bond motifs is 1. The zero-order valence-corrected chi connectivity index (χ0v) is 9.91. The maximum Gasteiger partial charge on any atom is 0.291 e. The number of imidazole rings is 1. The molecule has 0 radical (unpaired) electrons. The van der Waals surface area contributed by atoms with Crippen molar-refractivity contribution < 1.29 is 0 Å². The third kappa shape index (κ3) is 1.90. The molecular formula is C9H13N5OS. The number of aromatic amines is 1. The highest BCUT2D eigenvalue weighted by Crippen LogP contribution is 2.14. The molecule has 0 bridgehead atoms. The minimum absolute atomic E-state index is 0.189. The van der Waals surface area contributed by atoms with Gasteiger partial charge in [-0.15, -0.1) is 0 Å². The predicted molar refractivity (Wildman–Crippen MR) is 65.3 cm³/mol. The quantitative estimate of drug-likeness (QED) is 0.829. The molecule has 2 aromatic heterocycles. The summed E-state index contributed by atoms with van der Waals surface area (Å²) in [6.07, 6.45) is 1.44. The molecule has 86 valence electrons. The number of hydrogen-bond donors (Lipinski definition) is 2. The summed E-state index contributed by atoms with van der Waals surface area (Å²) in [5, 5.41) is 0. The lowest BCUT2D eigenvalue weighted by atomic mass is 10.3. The largest absolute Gasteiger partial charge is 0.368 e. The number of nitrogens with two attached hydrogens (primary N) is 1. The van der Waals surface area contributed by atoms with Gasteiger partial charge in [0.15, 0.2) is 11.2 Å². The second-order valence-electron chi connectivity index (χ2n) is 3.86. The molecule has 0 aliphatic carbocycles. The number of nitrogens with zero attached hydrogens (tertiary/aromatic N) is 3. The highest BCUT2D eigenvalue weighted by atomic mass is 32.2. The Bertz CT molecular complexity index is 559. The molecule has 3 N–H and O–H groups in total. The number of aromatic nitrogens is 4. The lowest BCUT2D eigenvalue weighted by Crippen LogP contribution is -2.21. The molecule has 2 rings (SSSR count). The number of H-pyrrole nitrogens is 1. The Morgan fingerprint density at radius 1 is 1.62 bits per heavy atom. The number of nitrogens with one attached hydrogen (secondary N) is 1. The van der Waals surface area contributed by atoms with E-state index in [1.54, 1.807) is 0 Å². The van der Waals surface area contributed by atoms with E-state index in [9.17, 15) is 4.79 Å². The summed E-state index contributed by atoms with van der Waals surface area (Å²) in [4.78, 5) is 22.7. The van der Waals surface area contributed by atoms with E-state index in [1.807, 2.05) is 0 Å². The van der Waals surface area contributed by atoms with E-state index in [-0.39, 0.29) is 11.5 Å². The van der Waals surface area contributed by atoms with Gasteiger partial charge in [0, 0.05) is 5.75 Å². The number of rotatable bonds is 3. The minimum Gasteiger partial charge on any atom is -0.368 e. The zero-order chi connectivity index (χ0) is 11.7. The first-order chi connectivity index (χ1) is 7.59. The molecule has 16 heavy (non-hydrogen) atoms. The Kier molecular flexibility index (Phi) is 2.86. The SMILES string of the molecule is CC(C)CSn1c(N)nc2nc[nH]c2c1=O. The lowest BCUT2D eigenvalue weighted by molar-refractivity contribution is 0.748. The smallest absolute Gasteiger partial charge is 0.291 e. The molecule has 0 aliphatic heterocycles. The van der Waals surface area contributed by atoms with E-state index in [4.69, 9.17) is 5.73 Å². The van der Waals surface area contributed by atoms with Crippen LogP contribution in [0.4, 0.5) is 5.95 Å². The molecule has 0 atom stereocenters. The monoisotopic (exact) mass is 239 g/mol. The number of anilines is 1. The molecule has 0 unspecified atom stereocenters. The van der Waals surface area contributed by atoms with Gasteiger partial charge >= 0.3 is 0 Å². The van der Waals surface area contributed by atoms with Crippen LogP contribution < -0.4 is 11.3 Å². The Morgan fingerprint density at radius 2 is 2.38 bits per heavy atom. The van der Waals surface area contributed by atoms with E-state index in [0.717, 1.165) is 5.75 Å². The molecule has 0 fully saturated rings. The van der Waals surface area contributed by atoms with E-state index in [1.165, 1.54) is 22.2 Å². The standard InChI is InChI=1S/C9H13N5OS/c1-5(2)3-16-14-8(15)6-7(12-4-11-6)13-9(14)10/h4-5H,3H2,1-2H3,(H2,10,13)(H,11,12). The van der Waals surface area contributed by atoms with Gasteiger partial charge in [-0.2, -0.15) is 4.98 Å². The molecule has 0 saturated heterocycles. The fraction of sp³-hybridized carbons (Fsp3) is 0.444. The zero-order valence-electron chi connectivity index (χ0n) is 9.10. The highest BCUT2D eigenvalue weighted by Gasteiger charge is 2.11. The third-order valence-electron chi connectivity index (χ3n) is 1.98. The average molecular weight is 239 g/mol. The first-order valence-electron chi connectivity index (χ1n) is 4.94. The summed E-state index contributed by atoms with van der Waals surface area (Å²) >= 11 is 1.37. The molecule has 2 aromatic rings.